The highest BCUT2D eigenvalue weighted by molar-refractivity contribution is 5.63. The SMILES string of the molecule is C=C(c1ccc(C#Cc2ccc(F)c(F)c2)cc1)N1CCC(O)CC1. The van der Waals surface area contributed by atoms with E-state index in [2.05, 4.69) is 23.3 Å². The van der Waals surface area contributed by atoms with Crippen LogP contribution >= 0.6 is 0 Å². The van der Waals surface area contributed by atoms with Crippen LogP contribution in [0.25, 0.3) is 5.70 Å². The second-order valence-corrected chi connectivity index (χ2v) is 6.12. The first kappa shape index (κ1) is 17.2. The Balaban J connectivity index is 1.69. The van der Waals surface area contributed by atoms with Crippen molar-refractivity contribution in [1.82, 2.24) is 4.90 Å². The number of halogens is 2. The molecular formula is C21H19F2NO. The summed E-state index contributed by atoms with van der Waals surface area (Å²) in [5, 5.41) is 9.59. The zero-order valence-corrected chi connectivity index (χ0v) is 13.8. The lowest BCUT2D eigenvalue weighted by atomic mass is 10.0. The first-order valence-corrected chi connectivity index (χ1v) is 8.22. The molecule has 0 unspecified atom stereocenters. The number of aliphatic hydroxyl groups excluding tert-OH is 1. The molecule has 0 atom stereocenters. The molecule has 3 rings (SSSR count). The molecule has 0 aliphatic carbocycles. The van der Waals surface area contributed by atoms with E-state index in [1.165, 1.54) is 6.07 Å². The molecule has 1 N–H and O–H groups in total. The lowest BCUT2D eigenvalue weighted by Gasteiger charge is -2.33. The number of likely N-dealkylation sites (tertiary alicyclic amines) is 1. The molecule has 0 radical (unpaired) electrons. The van der Waals surface area contributed by atoms with Gasteiger partial charge in [-0.3, -0.25) is 0 Å². The Morgan fingerprint density at radius 2 is 1.56 bits per heavy atom. The Labute approximate surface area is 146 Å². The zero-order valence-electron chi connectivity index (χ0n) is 13.8. The van der Waals surface area contributed by atoms with Crippen LogP contribution in [0.3, 0.4) is 0 Å². The fraction of sp³-hybridized carbons (Fsp3) is 0.238. The van der Waals surface area contributed by atoms with Crippen LogP contribution in [0.4, 0.5) is 8.78 Å². The largest absolute Gasteiger partial charge is 0.393 e. The minimum Gasteiger partial charge on any atom is -0.393 e. The third kappa shape index (κ3) is 4.26. The van der Waals surface area contributed by atoms with Gasteiger partial charge in [0.1, 0.15) is 0 Å². The van der Waals surface area contributed by atoms with Gasteiger partial charge in [0, 0.05) is 29.9 Å². The number of rotatable bonds is 2. The summed E-state index contributed by atoms with van der Waals surface area (Å²) in [6.07, 6.45) is 1.31. The third-order valence-electron chi connectivity index (χ3n) is 4.34. The maximum Gasteiger partial charge on any atom is 0.160 e. The van der Waals surface area contributed by atoms with Crippen LogP contribution in [0, 0.1) is 23.5 Å². The lowest BCUT2D eigenvalue weighted by molar-refractivity contribution is 0.106. The number of aliphatic hydroxyl groups is 1. The lowest BCUT2D eigenvalue weighted by Crippen LogP contribution is -2.34. The van der Waals surface area contributed by atoms with Crippen LogP contribution in [0.2, 0.25) is 0 Å². The summed E-state index contributed by atoms with van der Waals surface area (Å²) in [4.78, 5) is 2.18. The van der Waals surface area contributed by atoms with Gasteiger partial charge in [0.2, 0.25) is 0 Å². The third-order valence-corrected chi connectivity index (χ3v) is 4.34. The van der Waals surface area contributed by atoms with Gasteiger partial charge in [-0.05, 0) is 48.7 Å². The molecule has 0 spiro atoms. The molecule has 0 bridgehead atoms. The molecule has 25 heavy (non-hydrogen) atoms. The predicted octanol–water partition coefficient (Wildman–Crippen LogP) is 3.79. The van der Waals surface area contributed by atoms with Crippen molar-refractivity contribution < 1.29 is 13.9 Å². The van der Waals surface area contributed by atoms with Crippen molar-refractivity contribution in [2.45, 2.75) is 18.9 Å². The standard InChI is InChI=1S/C21H19F2NO/c1-15(24-12-10-19(25)11-13-24)18-7-4-16(5-8-18)2-3-17-6-9-20(22)21(23)14-17/h4-9,14,19,25H,1,10-13H2. The topological polar surface area (TPSA) is 23.5 Å². The van der Waals surface area contributed by atoms with E-state index in [1.54, 1.807) is 0 Å². The first-order chi connectivity index (χ1) is 12.0. The molecule has 4 heteroatoms. The van der Waals surface area contributed by atoms with Gasteiger partial charge in [-0.1, -0.05) is 30.6 Å². The van der Waals surface area contributed by atoms with E-state index >= 15 is 0 Å². The molecule has 2 aromatic rings. The Kier molecular flexibility index (Phi) is 5.16. The van der Waals surface area contributed by atoms with E-state index in [0.717, 1.165) is 54.9 Å². The molecule has 0 amide bonds. The Morgan fingerprint density at radius 1 is 0.960 bits per heavy atom. The summed E-state index contributed by atoms with van der Waals surface area (Å²) in [7, 11) is 0. The van der Waals surface area contributed by atoms with E-state index < -0.39 is 11.6 Å². The Bertz CT molecular complexity index is 825. The molecule has 1 aliphatic heterocycles. The van der Waals surface area contributed by atoms with E-state index in [0.29, 0.717) is 5.56 Å². The molecule has 0 saturated carbocycles. The fourth-order valence-electron chi connectivity index (χ4n) is 2.78. The summed E-state index contributed by atoms with van der Waals surface area (Å²) in [5.41, 5.74) is 3.16. The monoisotopic (exact) mass is 339 g/mol. The normalized spacial score (nSPS) is 14.8. The highest BCUT2D eigenvalue weighted by Gasteiger charge is 2.18. The van der Waals surface area contributed by atoms with Gasteiger partial charge in [0.25, 0.3) is 0 Å². The number of hydrogen-bond acceptors (Lipinski definition) is 2. The van der Waals surface area contributed by atoms with Crippen LogP contribution in [-0.2, 0) is 0 Å². The maximum absolute atomic E-state index is 13.2. The van der Waals surface area contributed by atoms with Crippen LogP contribution in [0.5, 0.6) is 0 Å². The van der Waals surface area contributed by atoms with Crippen molar-refractivity contribution in [3.63, 3.8) is 0 Å². The number of hydrogen-bond donors (Lipinski definition) is 1. The minimum absolute atomic E-state index is 0.210. The van der Waals surface area contributed by atoms with Crippen molar-refractivity contribution in [2.75, 3.05) is 13.1 Å². The second-order valence-electron chi connectivity index (χ2n) is 6.12. The van der Waals surface area contributed by atoms with Crippen molar-refractivity contribution >= 4 is 5.70 Å². The molecule has 128 valence electrons. The van der Waals surface area contributed by atoms with Crippen molar-refractivity contribution in [2.24, 2.45) is 0 Å². The van der Waals surface area contributed by atoms with Crippen molar-refractivity contribution in [3.8, 4) is 11.8 Å². The molecule has 1 fully saturated rings. The summed E-state index contributed by atoms with van der Waals surface area (Å²) in [6.45, 7) is 5.75. The molecule has 1 saturated heterocycles. The molecule has 2 nitrogen and oxygen atoms in total. The molecular weight excluding hydrogens is 320 g/mol. The predicted molar refractivity (Wildman–Crippen MR) is 94.6 cm³/mol. The first-order valence-electron chi connectivity index (χ1n) is 8.22. The van der Waals surface area contributed by atoms with E-state index in [-0.39, 0.29) is 6.10 Å². The van der Waals surface area contributed by atoms with Crippen LogP contribution in [0.15, 0.2) is 49.0 Å². The molecule has 1 aliphatic rings. The van der Waals surface area contributed by atoms with Crippen LogP contribution < -0.4 is 0 Å². The van der Waals surface area contributed by atoms with Gasteiger partial charge in [0.05, 0.1) is 6.10 Å². The van der Waals surface area contributed by atoms with Crippen molar-refractivity contribution in [1.29, 1.82) is 0 Å². The van der Waals surface area contributed by atoms with E-state index in [1.807, 2.05) is 24.3 Å². The molecule has 1 heterocycles. The van der Waals surface area contributed by atoms with Gasteiger partial charge in [0.15, 0.2) is 11.6 Å². The number of benzene rings is 2. The second kappa shape index (κ2) is 7.50. The maximum atomic E-state index is 13.2. The molecule has 0 aromatic heterocycles. The summed E-state index contributed by atoms with van der Waals surface area (Å²) >= 11 is 0. The van der Waals surface area contributed by atoms with Gasteiger partial charge in [-0.25, -0.2) is 8.78 Å². The summed E-state index contributed by atoms with van der Waals surface area (Å²) in [5.74, 6) is 4.00. The van der Waals surface area contributed by atoms with Crippen LogP contribution in [0.1, 0.15) is 29.5 Å². The fourth-order valence-corrected chi connectivity index (χ4v) is 2.78. The number of piperidine rings is 1. The summed E-state index contributed by atoms with van der Waals surface area (Å²) in [6, 6.07) is 11.3. The summed E-state index contributed by atoms with van der Waals surface area (Å²) < 4.78 is 26.1. The number of nitrogens with zero attached hydrogens (tertiary/aromatic N) is 1. The van der Waals surface area contributed by atoms with Crippen LogP contribution in [-0.4, -0.2) is 29.2 Å². The minimum atomic E-state index is -0.898. The van der Waals surface area contributed by atoms with E-state index in [9.17, 15) is 13.9 Å². The van der Waals surface area contributed by atoms with Crippen molar-refractivity contribution in [3.05, 3.63) is 77.4 Å². The zero-order chi connectivity index (χ0) is 17.8. The highest BCUT2D eigenvalue weighted by Crippen LogP contribution is 2.22. The van der Waals surface area contributed by atoms with Gasteiger partial charge in [-0.2, -0.15) is 0 Å². The smallest absolute Gasteiger partial charge is 0.160 e. The Morgan fingerprint density at radius 3 is 2.20 bits per heavy atom. The van der Waals surface area contributed by atoms with Gasteiger partial charge >= 0.3 is 0 Å². The van der Waals surface area contributed by atoms with Gasteiger partial charge < -0.3 is 10.0 Å². The average Bonchev–Trinajstić information content (AvgIpc) is 2.63. The highest BCUT2D eigenvalue weighted by atomic mass is 19.2. The van der Waals surface area contributed by atoms with E-state index in [4.69, 9.17) is 0 Å². The molecule has 2 aromatic carbocycles. The Hall–Kier alpha value is -2.64. The van der Waals surface area contributed by atoms with Gasteiger partial charge in [-0.15, -0.1) is 0 Å². The quantitative estimate of drug-likeness (QED) is 0.842. The average molecular weight is 339 g/mol.